The lowest BCUT2D eigenvalue weighted by Crippen LogP contribution is -2.50. The highest BCUT2D eigenvalue weighted by Gasteiger charge is 2.62. The van der Waals surface area contributed by atoms with Crippen LogP contribution in [0.4, 0.5) is 26.3 Å². The summed E-state index contributed by atoms with van der Waals surface area (Å²) >= 11 is 1.17. The standard InChI is InChI=1S/C4H4F6IN/c5-2(6)4(9,10)3(7,8)1-12-11/h2,12H,1H2. The van der Waals surface area contributed by atoms with Gasteiger partial charge in [0.05, 0.1) is 6.54 Å². The van der Waals surface area contributed by atoms with E-state index in [1.165, 1.54) is 22.9 Å². The van der Waals surface area contributed by atoms with E-state index in [9.17, 15) is 26.3 Å². The Morgan fingerprint density at radius 2 is 1.58 bits per heavy atom. The first-order valence-corrected chi connectivity index (χ1v) is 3.71. The fourth-order valence-electron chi connectivity index (χ4n) is 0.361. The lowest BCUT2D eigenvalue weighted by molar-refractivity contribution is -0.259. The Hall–Kier alpha value is 0.270. The van der Waals surface area contributed by atoms with E-state index in [2.05, 4.69) is 0 Å². The minimum atomic E-state index is -5.29. The van der Waals surface area contributed by atoms with Crippen molar-refractivity contribution in [1.29, 1.82) is 0 Å². The monoisotopic (exact) mass is 307 g/mol. The van der Waals surface area contributed by atoms with Gasteiger partial charge in [0.25, 0.3) is 0 Å². The summed E-state index contributed by atoms with van der Waals surface area (Å²) in [5.41, 5.74) is 0. The maximum atomic E-state index is 12.2. The van der Waals surface area contributed by atoms with Crippen LogP contribution in [0.1, 0.15) is 0 Å². The van der Waals surface area contributed by atoms with Gasteiger partial charge in [0.2, 0.25) is 0 Å². The van der Waals surface area contributed by atoms with Gasteiger partial charge in [0.1, 0.15) is 0 Å². The molecule has 0 aliphatic rings. The number of hydrogen-bond donors (Lipinski definition) is 1. The molecule has 1 nitrogen and oxygen atoms in total. The van der Waals surface area contributed by atoms with Gasteiger partial charge >= 0.3 is 18.3 Å². The third-order valence-electron chi connectivity index (χ3n) is 1.05. The Labute approximate surface area is 78.0 Å². The molecular formula is C4H4F6IN. The third-order valence-corrected chi connectivity index (χ3v) is 1.43. The van der Waals surface area contributed by atoms with Crippen molar-refractivity contribution in [3.05, 3.63) is 0 Å². The number of alkyl halides is 6. The van der Waals surface area contributed by atoms with Crippen molar-refractivity contribution in [2.24, 2.45) is 0 Å². The van der Waals surface area contributed by atoms with E-state index in [4.69, 9.17) is 0 Å². The van der Waals surface area contributed by atoms with Crippen LogP contribution in [0, 0.1) is 0 Å². The van der Waals surface area contributed by atoms with Crippen molar-refractivity contribution >= 4 is 22.9 Å². The highest BCUT2D eigenvalue weighted by Crippen LogP contribution is 2.38. The zero-order valence-electron chi connectivity index (χ0n) is 5.43. The van der Waals surface area contributed by atoms with Gasteiger partial charge in [0, 0.05) is 22.9 Å². The number of halogens is 7. The minimum Gasteiger partial charge on any atom is -0.255 e. The van der Waals surface area contributed by atoms with E-state index >= 15 is 0 Å². The van der Waals surface area contributed by atoms with E-state index in [-0.39, 0.29) is 0 Å². The molecule has 0 unspecified atom stereocenters. The normalized spacial score (nSPS) is 14.0. The van der Waals surface area contributed by atoms with Crippen molar-refractivity contribution in [3.8, 4) is 0 Å². The maximum Gasteiger partial charge on any atom is 0.370 e. The average Bonchev–Trinajstić information content (AvgIpc) is 1.86. The van der Waals surface area contributed by atoms with E-state index in [0.717, 1.165) is 0 Å². The Bertz CT molecular complexity index is 148. The van der Waals surface area contributed by atoms with Crippen LogP contribution in [0.25, 0.3) is 0 Å². The molecule has 12 heavy (non-hydrogen) atoms. The molecule has 0 aliphatic carbocycles. The molecule has 0 aromatic heterocycles. The molecule has 1 N–H and O–H groups in total. The molecule has 0 amide bonds. The maximum absolute atomic E-state index is 12.2. The van der Waals surface area contributed by atoms with Gasteiger partial charge in [-0.15, -0.1) is 0 Å². The molecule has 0 spiro atoms. The van der Waals surface area contributed by atoms with Gasteiger partial charge in [0.15, 0.2) is 0 Å². The summed E-state index contributed by atoms with van der Waals surface area (Å²) in [6.45, 7) is -1.50. The lowest BCUT2D eigenvalue weighted by atomic mass is 10.2. The first-order valence-electron chi connectivity index (χ1n) is 2.63. The molecule has 0 saturated heterocycles. The average molecular weight is 307 g/mol. The first kappa shape index (κ1) is 12.3. The molecule has 0 atom stereocenters. The van der Waals surface area contributed by atoms with Crippen LogP contribution in [0.2, 0.25) is 0 Å². The summed E-state index contributed by atoms with van der Waals surface area (Å²) in [5.74, 6) is -10.0. The van der Waals surface area contributed by atoms with Crippen LogP contribution < -0.4 is 3.53 Å². The zero-order valence-corrected chi connectivity index (χ0v) is 7.59. The third kappa shape index (κ3) is 2.38. The van der Waals surface area contributed by atoms with Crippen LogP contribution in [0.5, 0.6) is 0 Å². The van der Waals surface area contributed by atoms with Gasteiger partial charge in [-0.25, -0.2) is 8.78 Å². The summed E-state index contributed by atoms with van der Waals surface area (Å²) in [6.07, 6.45) is -4.36. The number of rotatable bonds is 4. The van der Waals surface area contributed by atoms with Gasteiger partial charge in [-0.05, 0) is 0 Å². The summed E-state index contributed by atoms with van der Waals surface area (Å²) < 4.78 is 72.7. The second kappa shape index (κ2) is 3.99. The highest BCUT2D eigenvalue weighted by atomic mass is 127. The Balaban J connectivity index is 4.50. The van der Waals surface area contributed by atoms with Gasteiger partial charge < -0.3 is 0 Å². The molecule has 74 valence electrons. The van der Waals surface area contributed by atoms with Gasteiger partial charge in [-0.2, -0.15) is 17.6 Å². The van der Waals surface area contributed by atoms with Crippen LogP contribution in [-0.2, 0) is 0 Å². The molecule has 0 radical (unpaired) electrons. The summed E-state index contributed by atoms with van der Waals surface area (Å²) in [5, 5.41) is 0. The Morgan fingerprint density at radius 1 is 1.17 bits per heavy atom. The molecule has 0 heterocycles. The van der Waals surface area contributed by atoms with Crippen molar-refractivity contribution in [2.75, 3.05) is 6.54 Å². The first-order chi connectivity index (χ1) is 5.25. The molecule has 0 saturated carbocycles. The summed E-state index contributed by atoms with van der Waals surface area (Å²) in [7, 11) is 0. The highest BCUT2D eigenvalue weighted by molar-refractivity contribution is 14.1. The molecule has 0 rings (SSSR count). The SMILES string of the molecule is FC(F)C(F)(F)C(F)(F)CNI. The van der Waals surface area contributed by atoms with E-state index in [1.807, 2.05) is 0 Å². The topological polar surface area (TPSA) is 12.0 Å². The quantitative estimate of drug-likeness (QED) is 0.478. The molecule has 0 fully saturated rings. The van der Waals surface area contributed by atoms with Crippen molar-refractivity contribution in [1.82, 2.24) is 3.53 Å². The zero-order chi connectivity index (χ0) is 9.99. The van der Waals surface area contributed by atoms with Crippen LogP contribution in [-0.4, -0.2) is 24.8 Å². The van der Waals surface area contributed by atoms with E-state index in [1.54, 1.807) is 3.53 Å². The molecular weight excluding hydrogens is 303 g/mol. The van der Waals surface area contributed by atoms with Crippen molar-refractivity contribution in [3.63, 3.8) is 0 Å². The second-order valence-electron chi connectivity index (χ2n) is 1.94. The van der Waals surface area contributed by atoms with E-state index < -0.39 is 24.8 Å². The molecule has 8 heteroatoms. The molecule has 0 aliphatic heterocycles. The predicted molar refractivity (Wildman–Crippen MR) is 37.9 cm³/mol. The van der Waals surface area contributed by atoms with Gasteiger partial charge in [-0.1, -0.05) is 0 Å². The minimum absolute atomic E-state index is 1.17. The fraction of sp³-hybridized carbons (Fsp3) is 1.00. The largest absolute Gasteiger partial charge is 0.370 e. The fourth-order valence-corrected chi connectivity index (χ4v) is 0.840. The smallest absolute Gasteiger partial charge is 0.255 e. The predicted octanol–water partition coefficient (Wildman–Crippen LogP) is 2.46. The Morgan fingerprint density at radius 3 is 1.83 bits per heavy atom. The van der Waals surface area contributed by atoms with Gasteiger partial charge in [-0.3, -0.25) is 3.53 Å². The number of nitrogens with one attached hydrogen (secondary N) is 1. The molecule has 0 aromatic carbocycles. The second-order valence-corrected chi connectivity index (χ2v) is 2.70. The van der Waals surface area contributed by atoms with Crippen LogP contribution in [0.15, 0.2) is 0 Å². The van der Waals surface area contributed by atoms with Crippen molar-refractivity contribution in [2.45, 2.75) is 18.3 Å². The van der Waals surface area contributed by atoms with Crippen molar-refractivity contribution < 1.29 is 26.3 Å². The number of hydrogen-bond acceptors (Lipinski definition) is 1. The lowest BCUT2D eigenvalue weighted by Gasteiger charge is -2.24. The van der Waals surface area contributed by atoms with Crippen LogP contribution >= 0.6 is 22.9 Å². The Kier molecular flexibility index (Phi) is 4.08. The van der Waals surface area contributed by atoms with Crippen LogP contribution in [0.3, 0.4) is 0 Å². The van der Waals surface area contributed by atoms with E-state index in [0.29, 0.717) is 0 Å². The molecule has 0 aromatic rings. The summed E-state index contributed by atoms with van der Waals surface area (Å²) in [6, 6.07) is 0. The molecule has 0 bridgehead atoms. The summed E-state index contributed by atoms with van der Waals surface area (Å²) in [4.78, 5) is 0.